The molecule has 0 radical (unpaired) electrons. The van der Waals surface area contributed by atoms with Gasteiger partial charge in [-0.15, -0.1) is 0 Å². The number of nitrogens with zero attached hydrogens (tertiary/aromatic N) is 3. The maximum atomic E-state index is 12.6. The highest BCUT2D eigenvalue weighted by Gasteiger charge is 2.31. The van der Waals surface area contributed by atoms with Gasteiger partial charge < -0.3 is 15.1 Å². The van der Waals surface area contributed by atoms with E-state index in [9.17, 15) is 15.0 Å². The molecule has 0 aliphatic carbocycles. The average Bonchev–Trinajstić information content (AvgIpc) is 2.79. The number of hydrogen-bond acceptors (Lipinski definition) is 4. The number of aliphatic hydroxyl groups excluding tert-OH is 2. The van der Waals surface area contributed by atoms with Crippen LogP contribution in [0.25, 0.3) is 0 Å². The second kappa shape index (κ2) is 6.15. The molecule has 2 N–H and O–H groups in total. The third-order valence-corrected chi connectivity index (χ3v) is 3.50. The molecule has 6 heteroatoms. The zero-order valence-electron chi connectivity index (χ0n) is 13.8. The number of rotatable bonds is 5. The van der Waals surface area contributed by atoms with Crippen molar-refractivity contribution in [2.75, 3.05) is 26.8 Å². The van der Waals surface area contributed by atoms with E-state index in [0.717, 1.165) is 5.69 Å². The van der Waals surface area contributed by atoms with Crippen molar-refractivity contribution in [1.82, 2.24) is 14.7 Å². The van der Waals surface area contributed by atoms with Crippen LogP contribution in [-0.4, -0.2) is 57.6 Å². The van der Waals surface area contributed by atoms with Crippen molar-refractivity contribution < 1.29 is 15.0 Å². The lowest BCUT2D eigenvalue weighted by molar-refractivity contribution is 0.0365. The maximum Gasteiger partial charge on any atom is 0.257 e. The molecule has 0 aromatic carbocycles. The Morgan fingerprint density at radius 3 is 2.24 bits per heavy atom. The van der Waals surface area contributed by atoms with Crippen LogP contribution in [0.5, 0.6) is 0 Å². The molecule has 1 amide bonds. The van der Waals surface area contributed by atoms with Crippen LogP contribution in [0.15, 0.2) is 6.20 Å². The molecule has 0 atom stereocenters. The molecule has 1 rings (SSSR count). The summed E-state index contributed by atoms with van der Waals surface area (Å²) in [5.74, 6) is -0.152. The first kappa shape index (κ1) is 17.7. The molecule has 0 fully saturated rings. The van der Waals surface area contributed by atoms with E-state index in [2.05, 4.69) is 5.10 Å². The smallest absolute Gasteiger partial charge is 0.257 e. The van der Waals surface area contributed by atoms with Gasteiger partial charge in [0, 0.05) is 37.7 Å². The van der Waals surface area contributed by atoms with Gasteiger partial charge in [0.2, 0.25) is 0 Å². The molecule has 1 heterocycles. The van der Waals surface area contributed by atoms with Crippen molar-refractivity contribution in [3.05, 3.63) is 17.5 Å². The number of carbonyl (C=O) groups is 1. The van der Waals surface area contributed by atoms with Crippen LogP contribution in [0.4, 0.5) is 0 Å². The first-order chi connectivity index (χ1) is 9.54. The van der Waals surface area contributed by atoms with Crippen molar-refractivity contribution in [3.8, 4) is 0 Å². The highest BCUT2D eigenvalue weighted by Crippen LogP contribution is 2.26. The minimum Gasteiger partial charge on any atom is -0.396 e. The summed E-state index contributed by atoms with van der Waals surface area (Å²) in [5, 5.41) is 23.1. The van der Waals surface area contributed by atoms with Gasteiger partial charge >= 0.3 is 0 Å². The lowest BCUT2D eigenvalue weighted by Gasteiger charge is -2.30. The van der Waals surface area contributed by atoms with Gasteiger partial charge in [0.25, 0.3) is 5.91 Å². The van der Waals surface area contributed by atoms with Crippen LogP contribution in [-0.2, 0) is 12.5 Å². The van der Waals surface area contributed by atoms with Crippen molar-refractivity contribution in [3.63, 3.8) is 0 Å². The Balaban J connectivity index is 3.04. The van der Waals surface area contributed by atoms with Gasteiger partial charge in [0.1, 0.15) is 0 Å². The minimum atomic E-state index is -0.714. The molecule has 0 bridgehead atoms. The van der Waals surface area contributed by atoms with E-state index in [1.54, 1.807) is 31.9 Å². The van der Waals surface area contributed by atoms with Gasteiger partial charge in [-0.05, 0) is 0 Å². The van der Waals surface area contributed by atoms with Crippen LogP contribution in [0.1, 0.15) is 43.7 Å². The minimum absolute atomic E-state index is 0.152. The van der Waals surface area contributed by atoms with E-state index in [0.29, 0.717) is 5.56 Å². The van der Waals surface area contributed by atoms with Crippen molar-refractivity contribution >= 4 is 5.91 Å². The molecule has 0 unspecified atom stereocenters. The third kappa shape index (κ3) is 4.04. The first-order valence-electron chi connectivity index (χ1n) is 7.05. The molecular formula is C15H27N3O3. The Morgan fingerprint density at radius 2 is 1.81 bits per heavy atom. The maximum absolute atomic E-state index is 12.6. The van der Waals surface area contributed by atoms with Crippen molar-refractivity contribution in [2.24, 2.45) is 12.5 Å². The van der Waals surface area contributed by atoms with Gasteiger partial charge in [0.15, 0.2) is 0 Å². The van der Waals surface area contributed by atoms with Crippen LogP contribution < -0.4 is 0 Å². The number of hydrogen-bond donors (Lipinski definition) is 2. The zero-order chi connectivity index (χ0) is 16.4. The van der Waals surface area contributed by atoms with Gasteiger partial charge in [0.05, 0.1) is 24.5 Å². The Hall–Kier alpha value is -1.40. The second-order valence-corrected chi connectivity index (χ2v) is 7.10. The molecule has 0 spiro atoms. The van der Waals surface area contributed by atoms with E-state index in [1.807, 2.05) is 20.8 Å². The van der Waals surface area contributed by atoms with E-state index < -0.39 is 5.41 Å². The van der Waals surface area contributed by atoms with Gasteiger partial charge in [-0.1, -0.05) is 27.7 Å². The standard InChI is InChI=1S/C15H27N3O3/c1-14(2,3)12-11(7-18(6)16-12)13(21)17(5)8-15(4,9-19)10-20/h7,19-20H,8-10H2,1-6H3. The van der Waals surface area contributed by atoms with Gasteiger partial charge in [-0.2, -0.15) is 5.10 Å². The van der Waals surface area contributed by atoms with Gasteiger partial charge in [-0.3, -0.25) is 9.48 Å². The summed E-state index contributed by atoms with van der Waals surface area (Å²) in [6.45, 7) is 7.69. The van der Waals surface area contributed by atoms with Crippen LogP contribution in [0.2, 0.25) is 0 Å². The fourth-order valence-electron chi connectivity index (χ4n) is 2.20. The third-order valence-electron chi connectivity index (χ3n) is 3.50. The summed E-state index contributed by atoms with van der Waals surface area (Å²) in [5.41, 5.74) is 0.362. The van der Waals surface area contributed by atoms with Crippen LogP contribution in [0, 0.1) is 5.41 Å². The lowest BCUT2D eigenvalue weighted by Crippen LogP contribution is -2.42. The zero-order valence-corrected chi connectivity index (χ0v) is 13.8. The number of carbonyl (C=O) groups excluding carboxylic acids is 1. The van der Waals surface area contributed by atoms with Crippen molar-refractivity contribution in [1.29, 1.82) is 0 Å². The number of aliphatic hydroxyl groups is 2. The molecular weight excluding hydrogens is 270 g/mol. The summed E-state index contributed by atoms with van der Waals surface area (Å²) >= 11 is 0. The number of amides is 1. The molecule has 120 valence electrons. The largest absolute Gasteiger partial charge is 0.396 e. The summed E-state index contributed by atoms with van der Waals surface area (Å²) < 4.78 is 1.64. The van der Waals surface area contributed by atoms with E-state index in [4.69, 9.17) is 0 Å². The molecule has 1 aromatic rings. The molecule has 0 aliphatic heterocycles. The van der Waals surface area contributed by atoms with Crippen LogP contribution >= 0.6 is 0 Å². The monoisotopic (exact) mass is 297 g/mol. The number of aromatic nitrogens is 2. The SMILES string of the molecule is CN(CC(C)(CO)CO)C(=O)c1cn(C)nc1C(C)(C)C. The molecule has 0 saturated heterocycles. The normalized spacial score (nSPS) is 12.6. The predicted molar refractivity (Wildman–Crippen MR) is 81.1 cm³/mol. The predicted octanol–water partition coefficient (Wildman–Crippen LogP) is 0.780. The summed E-state index contributed by atoms with van der Waals surface area (Å²) in [6.07, 6.45) is 1.72. The molecule has 0 saturated carbocycles. The summed E-state index contributed by atoms with van der Waals surface area (Å²) in [4.78, 5) is 14.2. The summed E-state index contributed by atoms with van der Waals surface area (Å²) in [7, 11) is 3.46. The molecule has 21 heavy (non-hydrogen) atoms. The Morgan fingerprint density at radius 1 is 1.29 bits per heavy atom. The fourth-order valence-corrected chi connectivity index (χ4v) is 2.20. The summed E-state index contributed by atoms with van der Waals surface area (Å²) in [6, 6.07) is 0. The number of aryl methyl sites for hydroxylation is 1. The second-order valence-electron chi connectivity index (χ2n) is 7.10. The van der Waals surface area contributed by atoms with Gasteiger partial charge in [-0.25, -0.2) is 0 Å². The fraction of sp³-hybridized carbons (Fsp3) is 0.733. The molecule has 6 nitrogen and oxygen atoms in total. The van der Waals surface area contributed by atoms with Crippen LogP contribution in [0.3, 0.4) is 0 Å². The Labute approximate surface area is 126 Å². The topological polar surface area (TPSA) is 78.6 Å². The highest BCUT2D eigenvalue weighted by atomic mass is 16.3. The van der Waals surface area contributed by atoms with E-state index >= 15 is 0 Å². The first-order valence-corrected chi connectivity index (χ1v) is 7.05. The molecule has 0 aliphatic rings. The quantitative estimate of drug-likeness (QED) is 0.842. The Kier molecular flexibility index (Phi) is 5.17. The van der Waals surface area contributed by atoms with E-state index in [-0.39, 0.29) is 31.1 Å². The highest BCUT2D eigenvalue weighted by molar-refractivity contribution is 5.95. The molecule has 1 aromatic heterocycles. The van der Waals surface area contributed by atoms with Crippen molar-refractivity contribution in [2.45, 2.75) is 33.1 Å². The van der Waals surface area contributed by atoms with E-state index in [1.165, 1.54) is 4.90 Å². The average molecular weight is 297 g/mol. The Bertz CT molecular complexity index is 499. The lowest BCUT2D eigenvalue weighted by atomic mass is 9.88.